The van der Waals surface area contributed by atoms with Gasteiger partial charge in [-0.05, 0) is 35.8 Å². The van der Waals surface area contributed by atoms with E-state index < -0.39 is 5.60 Å². The Morgan fingerprint density at radius 3 is 2.40 bits per heavy atom. The molecule has 3 heteroatoms. The highest BCUT2D eigenvalue weighted by Gasteiger charge is 2.22. The van der Waals surface area contributed by atoms with Crippen LogP contribution in [0.5, 0.6) is 0 Å². The number of hydrogen-bond acceptors (Lipinski definition) is 2. The second-order valence-corrected chi connectivity index (χ2v) is 3.51. The van der Waals surface area contributed by atoms with Gasteiger partial charge in [0.25, 0.3) is 0 Å². The quantitative estimate of drug-likeness (QED) is 0.762. The van der Waals surface area contributed by atoms with E-state index in [0.29, 0.717) is 5.76 Å². The first-order valence-corrected chi connectivity index (χ1v) is 3.77. The number of rotatable bonds is 1. The number of furan rings is 1. The van der Waals surface area contributed by atoms with Gasteiger partial charge in [0.15, 0.2) is 0 Å². The molecule has 1 heterocycles. The zero-order chi connectivity index (χ0) is 7.78. The predicted octanol–water partition coefficient (Wildman–Crippen LogP) is 2.27. The van der Waals surface area contributed by atoms with Crippen molar-refractivity contribution in [3.8, 4) is 0 Å². The Hall–Kier alpha value is -0.280. The molecule has 0 amide bonds. The van der Waals surface area contributed by atoms with Crippen molar-refractivity contribution in [3.05, 3.63) is 22.6 Å². The van der Waals surface area contributed by atoms with Crippen LogP contribution in [0.4, 0.5) is 0 Å². The van der Waals surface area contributed by atoms with Crippen LogP contribution in [0, 0.1) is 0 Å². The van der Waals surface area contributed by atoms with Gasteiger partial charge in [-0.2, -0.15) is 0 Å². The lowest BCUT2D eigenvalue weighted by Gasteiger charge is -2.13. The van der Waals surface area contributed by atoms with E-state index >= 15 is 0 Å². The van der Waals surface area contributed by atoms with Gasteiger partial charge >= 0.3 is 0 Å². The van der Waals surface area contributed by atoms with Crippen molar-refractivity contribution < 1.29 is 9.52 Å². The first-order valence-electron chi connectivity index (χ1n) is 2.97. The summed E-state index contributed by atoms with van der Waals surface area (Å²) < 4.78 is 5.84. The van der Waals surface area contributed by atoms with E-state index in [0.717, 1.165) is 4.47 Å². The summed E-state index contributed by atoms with van der Waals surface area (Å²) in [5, 5.41) is 9.43. The zero-order valence-electron chi connectivity index (χ0n) is 5.89. The molecule has 0 saturated carbocycles. The highest BCUT2D eigenvalue weighted by atomic mass is 79.9. The van der Waals surface area contributed by atoms with Crippen molar-refractivity contribution in [2.75, 3.05) is 0 Å². The molecule has 0 atom stereocenters. The Kier molecular flexibility index (Phi) is 1.88. The maximum atomic E-state index is 9.43. The van der Waals surface area contributed by atoms with E-state index in [1.54, 1.807) is 19.9 Å². The van der Waals surface area contributed by atoms with E-state index in [2.05, 4.69) is 15.9 Å². The van der Waals surface area contributed by atoms with Crippen LogP contribution in [0.1, 0.15) is 19.6 Å². The molecular formula is C7H9BrO2. The molecule has 0 bridgehead atoms. The smallest absolute Gasteiger partial charge is 0.148 e. The molecule has 0 fully saturated rings. The van der Waals surface area contributed by atoms with Crippen molar-refractivity contribution in [1.29, 1.82) is 0 Å². The third-order valence-corrected chi connectivity index (χ3v) is 1.80. The molecule has 1 N–H and O–H groups in total. The van der Waals surface area contributed by atoms with Crippen molar-refractivity contribution in [2.24, 2.45) is 0 Å². The SMILES string of the molecule is CC(C)(O)c1occc1Br. The Morgan fingerprint density at radius 2 is 2.20 bits per heavy atom. The van der Waals surface area contributed by atoms with Crippen LogP contribution in [0.15, 0.2) is 21.2 Å². The molecule has 0 saturated heterocycles. The minimum absolute atomic E-state index is 0.563. The molecule has 0 aromatic carbocycles. The molecule has 56 valence electrons. The first-order chi connectivity index (χ1) is 4.52. The molecule has 1 aromatic rings. The fraction of sp³-hybridized carbons (Fsp3) is 0.429. The third kappa shape index (κ3) is 1.41. The highest BCUT2D eigenvalue weighted by Crippen LogP contribution is 2.28. The fourth-order valence-electron chi connectivity index (χ4n) is 0.730. The van der Waals surface area contributed by atoms with Gasteiger partial charge < -0.3 is 9.52 Å². The van der Waals surface area contributed by atoms with Crippen molar-refractivity contribution in [1.82, 2.24) is 0 Å². The van der Waals surface area contributed by atoms with Gasteiger partial charge in [-0.15, -0.1) is 0 Å². The minimum Gasteiger partial charge on any atom is -0.465 e. The van der Waals surface area contributed by atoms with Crippen molar-refractivity contribution in [2.45, 2.75) is 19.4 Å². The molecule has 0 aliphatic rings. The molecule has 10 heavy (non-hydrogen) atoms. The summed E-state index contributed by atoms with van der Waals surface area (Å²) in [6.45, 7) is 3.35. The summed E-state index contributed by atoms with van der Waals surface area (Å²) in [5.41, 5.74) is -0.900. The second-order valence-electron chi connectivity index (χ2n) is 2.66. The molecule has 2 nitrogen and oxygen atoms in total. The highest BCUT2D eigenvalue weighted by molar-refractivity contribution is 9.10. The van der Waals surface area contributed by atoms with Crippen LogP contribution in [-0.4, -0.2) is 5.11 Å². The summed E-state index contributed by atoms with van der Waals surface area (Å²) >= 11 is 3.25. The van der Waals surface area contributed by atoms with Gasteiger partial charge in [0, 0.05) is 0 Å². The fourth-order valence-corrected chi connectivity index (χ4v) is 1.42. The molecule has 0 unspecified atom stereocenters. The van der Waals surface area contributed by atoms with Gasteiger partial charge in [-0.3, -0.25) is 0 Å². The van der Waals surface area contributed by atoms with Gasteiger partial charge in [0.05, 0.1) is 10.7 Å². The molecule has 0 aliphatic carbocycles. The lowest BCUT2D eigenvalue weighted by Crippen LogP contribution is -2.14. The van der Waals surface area contributed by atoms with Gasteiger partial charge in [-0.1, -0.05) is 0 Å². The normalized spacial score (nSPS) is 12.0. The summed E-state index contributed by atoms with van der Waals surface area (Å²) in [6.07, 6.45) is 1.54. The van der Waals surface area contributed by atoms with Crippen molar-refractivity contribution in [3.63, 3.8) is 0 Å². The molecular weight excluding hydrogens is 196 g/mol. The van der Waals surface area contributed by atoms with E-state index in [4.69, 9.17) is 4.42 Å². The van der Waals surface area contributed by atoms with E-state index in [9.17, 15) is 5.11 Å². The second kappa shape index (κ2) is 2.40. The summed E-state index contributed by atoms with van der Waals surface area (Å²) in [6, 6.07) is 1.76. The maximum Gasteiger partial charge on any atom is 0.148 e. The standard InChI is InChI=1S/C7H9BrO2/c1-7(2,9)6-5(8)3-4-10-6/h3-4,9H,1-2H3. The molecule has 1 rings (SSSR count). The van der Waals surface area contributed by atoms with Crippen LogP contribution in [0.25, 0.3) is 0 Å². The van der Waals surface area contributed by atoms with Crippen LogP contribution in [0.3, 0.4) is 0 Å². The van der Waals surface area contributed by atoms with Gasteiger partial charge in [-0.25, -0.2) is 0 Å². The Morgan fingerprint density at radius 1 is 1.60 bits per heavy atom. The lowest BCUT2D eigenvalue weighted by atomic mass is 10.1. The van der Waals surface area contributed by atoms with Crippen LogP contribution < -0.4 is 0 Å². The predicted molar refractivity (Wildman–Crippen MR) is 41.7 cm³/mol. The number of halogens is 1. The van der Waals surface area contributed by atoms with Gasteiger partial charge in [0.1, 0.15) is 11.4 Å². The molecule has 0 radical (unpaired) electrons. The first kappa shape index (κ1) is 7.82. The third-order valence-electron chi connectivity index (χ3n) is 1.17. The Labute approximate surface area is 68.0 Å². The van der Waals surface area contributed by atoms with E-state index in [1.165, 1.54) is 6.26 Å². The van der Waals surface area contributed by atoms with Crippen LogP contribution in [-0.2, 0) is 5.60 Å². The average molecular weight is 205 g/mol. The van der Waals surface area contributed by atoms with Crippen LogP contribution in [0.2, 0.25) is 0 Å². The summed E-state index contributed by atoms with van der Waals surface area (Å²) in [4.78, 5) is 0. The lowest BCUT2D eigenvalue weighted by molar-refractivity contribution is 0.0532. The largest absolute Gasteiger partial charge is 0.465 e. The Balaban J connectivity index is 3.05. The van der Waals surface area contributed by atoms with Crippen molar-refractivity contribution >= 4 is 15.9 Å². The van der Waals surface area contributed by atoms with Crippen LogP contribution >= 0.6 is 15.9 Å². The average Bonchev–Trinajstić information content (AvgIpc) is 2.11. The summed E-state index contributed by atoms with van der Waals surface area (Å²) in [5.74, 6) is 0.563. The molecule has 0 spiro atoms. The maximum absolute atomic E-state index is 9.43. The van der Waals surface area contributed by atoms with E-state index in [-0.39, 0.29) is 0 Å². The monoisotopic (exact) mass is 204 g/mol. The molecule has 1 aromatic heterocycles. The minimum atomic E-state index is -0.900. The summed E-state index contributed by atoms with van der Waals surface area (Å²) in [7, 11) is 0. The topological polar surface area (TPSA) is 33.4 Å². The zero-order valence-corrected chi connectivity index (χ0v) is 7.47. The number of aliphatic hydroxyl groups is 1. The van der Waals surface area contributed by atoms with E-state index in [1.807, 2.05) is 0 Å². The molecule has 0 aliphatic heterocycles. The van der Waals surface area contributed by atoms with Gasteiger partial charge in [0.2, 0.25) is 0 Å². The Bertz CT molecular complexity index is 222. The number of hydrogen-bond donors (Lipinski definition) is 1.